The number of aromatic nitrogens is 2. The van der Waals surface area contributed by atoms with Crippen molar-refractivity contribution in [1.82, 2.24) is 9.97 Å². The Morgan fingerprint density at radius 3 is 2.68 bits per heavy atom. The second-order valence-electron chi connectivity index (χ2n) is 6.41. The minimum atomic E-state index is -0.600. The van der Waals surface area contributed by atoms with Gasteiger partial charge in [-0.05, 0) is 25.5 Å². The molecule has 2 heterocycles. The number of nitrogens with one attached hydrogen (secondary N) is 1. The number of hydrogen-bond donors (Lipinski definition) is 3. The first-order valence-corrected chi connectivity index (χ1v) is 10.9. The zero-order valence-corrected chi connectivity index (χ0v) is 18.9. The summed E-state index contributed by atoms with van der Waals surface area (Å²) in [5, 5.41) is 14.9. The summed E-state index contributed by atoms with van der Waals surface area (Å²) in [6.45, 7) is 2.63. The van der Waals surface area contributed by atoms with Crippen LogP contribution in [0.25, 0.3) is 10.6 Å². The van der Waals surface area contributed by atoms with Crippen LogP contribution >= 0.6 is 27.3 Å². The lowest BCUT2D eigenvalue weighted by Gasteiger charge is -2.08. The fraction of sp³-hybridized carbons (Fsp3) is 0.250. The van der Waals surface area contributed by atoms with E-state index in [4.69, 9.17) is 15.7 Å². The van der Waals surface area contributed by atoms with Crippen molar-refractivity contribution in [2.24, 2.45) is 10.9 Å². The zero-order chi connectivity index (χ0) is 22.4. The van der Waals surface area contributed by atoms with E-state index in [1.54, 1.807) is 6.07 Å². The first-order chi connectivity index (χ1) is 14.9. The third-order valence-electron chi connectivity index (χ3n) is 4.25. The van der Waals surface area contributed by atoms with E-state index < -0.39 is 11.6 Å². The summed E-state index contributed by atoms with van der Waals surface area (Å²) in [6.07, 6.45) is 1.81. The van der Waals surface area contributed by atoms with E-state index in [-0.39, 0.29) is 30.8 Å². The molecule has 1 aromatic carbocycles. The van der Waals surface area contributed by atoms with Gasteiger partial charge in [0.1, 0.15) is 35.4 Å². The third-order valence-corrected chi connectivity index (χ3v) is 5.84. The normalized spacial score (nSPS) is 11.5. The van der Waals surface area contributed by atoms with E-state index in [1.165, 1.54) is 29.8 Å². The maximum absolute atomic E-state index is 14.0. The van der Waals surface area contributed by atoms with Gasteiger partial charge in [-0.15, -0.1) is 11.3 Å². The second kappa shape index (κ2) is 10.5. The molecule has 0 unspecified atom stereocenters. The van der Waals surface area contributed by atoms with Crippen LogP contribution in [-0.4, -0.2) is 34.2 Å². The fourth-order valence-corrected chi connectivity index (χ4v) is 4.34. The van der Waals surface area contributed by atoms with Crippen molar-refractivity contribution < 1.29 is 18.7 Å². The molecule has 0 saturated carbocycles. The number of thiophene rings is 1. The number of halogens is 3. The average molecular weight is 512 g/mol. The minimum absolute atomic E-state index is 0.0115. The van der Waals surface area contributed by atoms with Crippen LogP contribution < -0.4 is 15.8 Å². The summed E-state index contributed by atoms with van der Waals surface area (Å²) in [6, 6.07) is 6.05. The van der Waals surface area contributed by atoms with Crippen molar-refractivity contribution in [2.45, 2.75) is 19.8 Å². The molecule has 3 rings (SSSR count). The second-order valence-corrected chi connectivity index (χ2v) is 8.46. The van der Waals surface area contributed by atoms with Gasteiger partial charge in [0.15, 0.2) is 0 Å². The molecule has 0 amide bonds. The summed E-state index contributed by atoms with van der Waals surface area (Å²) >= 11 is 4.48. The van der Waals surface area contributed by atoms with E-state index in [1.807, 2.05) is 13.0 Å². The first kappa shape index (κ1) is 22.9. The maximum atomic E-state index is 14.0. The SMILES string of the molecule is CCOc1cc(-c2cc(NCCc3c(F)cc(Br)cc3F)ncn2)sc1CC(N)=NO. The predicted molar refractivity (Wildman–Crippen MR) is 120 cm³/mol. The van der Waals surface area contributed by atoms with E-state index >= 15 is 0 Å². The van der Waals surface area contributed by atoms with Gasteiger partial charge in [0, 0.05) is 35.1 Å². The van der Waals surface area contributed by atoms with E-state index in [9.17, 15) is 8.78 Å². The van der Waals surface area contributed by atoms with Crippen LogP contribution in [0, 0.1) is 11.6 Å². The van der Waals surface area contributed by atoms with Gasteiger partial charge in [0.25, 0.3) is 0 Å². The summed E-state index contributed by atoms with van der Waals surface area (Å²) in [5.41, 5.74) is 6.29. The molecule has 0 bridgehead atoms. The molecular weight excluding hydrogens is 492 g/mol. The molecule has 4 N–H and O–H groups in total. The summed E-state index contributed by atoms with van der Waals surface area (Å²) in [4.78, 5) is 10.1. The summed E-state index contributed by atoms with van der Waals surface area (Å²) in [7, 11) is 0. The largest absolute Gasteiger partial charge is 0.493 e. The number of nitrogens with zero attached hydrogens (tertiary/aromatic N) is 3. The van der Waals surface area contributed by atoms with Crippen LogP contribution in [-0.2, 0) is 12.8 Å². The number of benzene rings is 1. The van der Waals surface area contributed by atoms with Crippen LogP contribution in [0.4, 0.5) is 14.6 Å². The molecule has 164 valence electrons. The molecule has 3 aromatic rings. The molecular formula is C20H20BrF2N5O2S. The van der Waals surface area contributed by atoms with Gasteiger partial charge in [-0.25, -0.2) is 18.7 Å². The average Bonchev–Trinajstić information content (AvgIpc) is 3.12. The van der Waals surface area contributed by atoms with Gasteiger partial charge >= 0.3 is 0 Å². The van der Waals surface area contributed by atoms with Gasteiger partial charge in [-0.2, -0.15) is 0 Å². The van der Waals surface area contributed by atoms with Crippen LogP contribution in [0.15, 0.2) is 40.2 Å². The molecule has 0 spiro atoms. The molecule has 0 radical (unpaired) electrons. The van der Waals surface area contributed by atoms with Crippen LogP contribution in [0.5, 0.6) is 5.75 Å². The summed E-state index contributed by atoms with van der Waals surface area (Å²) < 4.78 is 33.9. The maximum Gasteiger partial charge on any atom is 0.144 e. The van der Waals surface area contributed by atoms with Crippen molar-refractivity contribution >= 4 is 38.9 Å². The summed E-state index contributed by atoms with van der Waals surface area (Å²) in [5.74, 6) is 0.0390. The van der Waals surface area contributed by atoms with Crippen molar-refractivity contribution in [3.63, 3.8) is 0 Å². The highest BCUT2D eigenvalue weighted by molar-refractivity contribution is 9.10. The first-order valence-electron chi connectivity index (χ1n) is 9.32. The van der Waals surface area contributed by atoms with Crippen molar-refractivity contribution in [3.05, 3.63) is 57.1 Å². The smallest absolute Gasteiger partial charge is 0.144 e. The predicted octanol–water partition coefficient (Wildman–Crippen LogP) is 4.59. The highest BCUT2D eigenvalue weighted by Crippen LogP contribution is 2.36. The number of ether oxygens (including phenoxy) is 1. The minimum Gasteiger partial charge on any atom is -0.493 e. The Bertz CT molecular complexity index is 1070. The van der Waals surface area contributed by atoms with E-state index in [0.717, 1.165) is 9.75 Å². The molecule has 7 nitrogen and oxygen atoms in total. The van der Waals surface area contributed by atoms with Crippen molar-refractivity contribution in [3.8, 4) is 16.3 Å². The van der Waals surface area contributed by atoms with Gasteiger partial charge in [-0.3, -0.25) is 0 Å². The lowest BCUT2D eigenvalue weighted by atomic mass is 10.1. The number of nitrogens with two attached hydrogens (primary N) is 1. The van der Waals surface area contributed by atoms with Crippen LogP contribution in [0.1, 0.15) is 17.4 Å². The topological polar surface area (TPSA) is 106 Å². The highest BCUT2D eigenvalue weighted by Gasteiger charge is 2.15. The standard InChI is InChI=1S/C20H20BrF2N5O2S/c1-2-30-16-8-17(31-18(16)9-19(24)28-29)15-7-20(27-10-26-15)25-4-3-12-13(22)5-11(21)6-14(12)23/h5-8,10,29H,2-4,9H2,1H3,(H2,24,28)(H,25,26,27). The van der Waals surface area contributed by atoms with Crippen LogP contribution in [0.2, 0.25) is 0 Å². The number of rotatable bonds is 9. The Morgan fingerprint density at radius 1 is 1.26 bits per heavy atom. The molecule has 0 aliphatic rings. The Labute approximate surface area is 190 Å². The lowest BCUT2D eigenvalue weighted by Crippen LogP contribution is -2.14. The highest BCUT2D eigenvalue weighted by atomic mass is 79.9. The Balaban J connectivity index is 1.74. The molecule has 0 aliphatic carbocycles. The molecule has 0 fully saturated rings. The molecule has 0 aliphatic heterocycles. The molecule has 0 saturated heterocycles. The monoisotopic (exact) mass is 511 g/mol. The van der Waals surface area contributed by atoms with Gasteiger partial charge < -0.3 is 21.0 Å². The van der Waals surface area contributed by atoms with Gasteiger partial charge in [-0.1, -0.05) is 21.1 Å². The lowest BCUT2D eigenvalue weighted by molar-refractivity contribution is 0.317. The Morgan fingerprint density at radius 2 is 2.00 bits per heavy atom. The van der Waals surface area contributed by atoms with Gasteiger partial charge in [0.05, 0.1) is 22.1 Å². The van der Waals surface area contributed by atoms with Crippen molar-refractivity contribution in [1.29, 1.82) is 0 Å². The van der Waals surface area contributed by atoms with Crippen LogP contribution in [0.3, 0.4) is 0 Å². The van der Waals surface area contributed by atoms with E-state index in [2.05, 4.69) is 36.4 Å². The quantitative estimate of drug-likeness (QED) is 0.168. The van der Waals surface area contributed by atoms with Gasteiger partial charge in [0.2, 0.25) is 0 Å². The van der Waals surface area contributed by atoms with Crippen molar-refractivity contribution in [2.75, 3.05) is 18.5 Å². The third kappa shape index (κ3) is 5.88. The van der Waals surface area contributed by atoms with E-state index in [0.29, 0.717) is 28.3 Å². The molecule has 11 heteroatoms. The number of oxime groups is 1. The molecule has 2 aromatic heterocycles. The zero-order valence-electron chi connectivity index (χ0n) is 16.5. The number of hydrogen-bond acceptors (Lipinski definition) is 7. The number of amidine groups is 1. The molecule has 31 heavy (non-hydrogen) atoms. The number of anilines is 1. The Hall–Kier alpha value is -2.79. The Kier molecular flexibility index (Phi) is 7.75. The molecule has 0 atom stereocenters. The fourth-order valence-electron chi connectivity index (χ4n) is 2.85.